The summed E-state index contributed by atoms with van der Waals surface area (Å²) in [4.78, 5) is 6.65. The molecule has 0 unspecified atom stereocenters. The van der Waals surface area contributed by atoms with Gasteiger partial charge in [-0.2, -0.15) is 0 Å². The van der Waals surface area contributed by atoms with Gasteiger partial charge in [-0.1, -0.05) is 115 Å². The number of fused-ring (bicyclic) bond motifs is 4. The minimum absolute atomic E-state index is 0.271. The first kappa shape index (κ1) is 27.4. The van der Waals surface area contributed by atoms with Gasteiger partial charge in [0.05, 0.1) is 16.7 Å². The van der Waals surface area contributed by atoms with Gasteiger partial charge in [0.25, 0.3) is 0 Å². The van der Waals surface area contributed by atoms with Gasteiger partial charge in [0.2, 0.25) is 0 Å². The number of nitrogens with zero attached hydrogens (tertiary/aromatic N) is 3. The third-order valence-electron chi connectivity index (χ3n) is 8.63. The maximum absolute atomic E-state index is 6.66. The summed E-state index contributed by atoms with van der Waals surface area (Å²) in [6.45, 7) is 4.15. The largest absolute Gasteiger partial charge is 0.470 e. The van der Waals surface area contributed by atoms with Crippen molar-refractivity contribution in [2.45, 2.75) is 0 Å². The second-order valence-corrected chi connectivity index (χ2v) is 11.3. The lowest BCUT2D eigenvalue weighted by Gasteiger charge is -2.28. The number of hydrogen-bond donors (Lipinski definition) is 0. The van der Waals surface area contributed by atoms with Crippen molar-refractivity contribution in [2.24, 2.45) is 4.99 Å². The third kappa shape index (κ3) is 4.77. The van der Waals surface area contributed by atoms with Crippen molar-refractivity contribution in [3.63, 3.8) is 0 Å². The maximum Gasteiger partial charge on any atom is 0.165 e. The molecule has 0 aliphatic carbocycles. The summed E-state index contributed by atoms with van der Waals surface area (Å²) >= 11 is 0. The maximum atomic E-state index is 6.66. The fraction of sp³-hybridized carbons (Fsp3) is 0.0238. The Bertz CT molecular complexity index is 2340. The number of rotatable bonds is 8. The van der Waals surface area contributed by atoms with Gasteiger partial charge in [-0.05, 0) is 66.2 Å². The van der Waals surface area contributed by atoms with Gasteiger partial charge < -0.3 is 14.2 Å². The van der Waals surface area contributed by atoms with Crippen LogP contribution >= 0.6 is 0 Å². The van der Waals surface area contributed by atoms with Crippen LogP contribution in [0.25, 0.3) is 49.4 Å². The highest BCUT2D eigenvalue weighted by Gasteiger charge is 2.19. The van der Waals surface area contributed by atoms with E-state index in [9.17, 15) is 0 Å². The number of anilines is 2. The normalized spacial score (nSPS) is 11.2. The average Bonchev–Trinajstić information content (AvgIpc) is 3.46. The van der Waals surface area contributed by atoms with E-state index in [-0.39, 0.29) is 6.73 Å². The molecule has 0 spiro atoms. The van der Waals surface area contributed by atoms with Gasteiger partial charge in [-0.15, -0.1) is 0 Å². The summed E-state index contributed by atoms with van der Waals surface area (Å²) in [6.07, 6.45) is 0. The van der Waals surface area contributed by atoms with E-state index in [1.807, 2.05) is 24.3 Å². The Balaban J connectivity index is 1.30. The Hall–Kier alpha value is -6.13. The third-order valence-corrected chi connectivity index (χ3v) is 8.63. The first-order chi connectivity index (χ1) is 22.8. The Kier molecular flexibility index (Phi) is 7.01. The predicted octanol–water partition coefficient (Wildman–Crippen LogP) is 11.1. The highest BCUT2D eigenvalue weighted by molar-refractivity contribution is 6.10. The van der Waals surface area contributed by atoms with Crippen molar-refractivity contribution < 1.29 is 4.74 Å². The molecule has 4 nitrogen and oxygen atoms in total. The van der Waals surface area contributed by atoms with Gasteiger partial charge in [0.1, 0.15) is 11.4 Å². The lowest BCUT2D eigenvalue weighted by Crippen LogP contribution is -2.23. The highest BCUT2D eigenvalue weighted by atomic mass is 16.5. The van der Waals surface area contributed by atoms with E-state index in [0.29, 0.717) is 5.75 Å². The number of para-hydroxylation sites is 3. The van der Waals surface area contributed by atoms with Gasteiger partial charge in [-0.25, -0.2) is 0 Å². The first-order valence-corrected chi connectivity index (χ1v) is 15.4. The van der Waals surface area contributed by atoms with Crippen LogP contribution in [-0.2, 0) is 0 Å². The van der Waals surface area contributed by atoms with Crippen LogP contribution < -0.4 is 9.64 Å². The molecule has 0 N–H and O–H groups in total. The number of benzene rings is 7. The number of hydrogen-bond acceptors (Lipinski definition) is 3. The van der Waals surface area contributed by atoms with Crippen LogP contribution in [0.4, 0.5) is 17.1 Å². The van der Waals surface area contributed by atoms with Crippen LogP contribution in [0.5, 0.6) is 5.75 Å². The fourth-order valence-corrected chi connectivity index (χ4v) is 6.49. The van der Waals surface area contributed by atoms with Crippen molar-refractivity contribution in [3.8, 4) is 22.6 Å². The molecule has 46 heavy (non-hydrogen) atoms. The van der Waals surface area contributed by atoms with Crippen LogP contribution in [-0.4, -0.2) is 18.0 Å². The molecule has 1 aromatic heterocycles. The molecule has 220 valence electrons. The standard InChI is InChI=1S/C42H31N3O/c1-43-42-35-20-9-8-16-31(35)24-27-41(42)46-29-44(38-22-12-10-19-34(38)30-14-4-2-5-15-30)33-25-26-40-37(28-33)36-21-11-13-23-39(36)45(40)32-17-6-3-7-18-32/h2-28H,1,29H2. The zero-order valence-corrected chi connectivity index (χ0v) is 25.3. The summed E-state index contributed by atoms with van der Waals surface area (Å²) in [5.41, 5.74) is 8.55. The second kappa shape index (κ2) is 11.8. The monoisotopic (exact) mass is 593 g/mol. The molecule has 4 heteroatoms. The van der Waals surface area contributed by atoms with Gasteiger partial charge in [-0.3, -0.25) is 4.99 Å². The Labute approximate surface area is 268 Å². The fourth-order valence-electron chi connectivity index (χ4n) is 6.49. The van der Waals surface area contributed by atoms with Crippen molar-refractivity contribution >= 4 is 56.4 Å². The molecule has 0 aliphatic heterocycles. The molecule has 0 fully saturated rings. The molecule has 0 amide bonds. The summed E-state index contributed by atoms with van der Waals surface area (Å²) < 4.78 is 9.00. The summed E-state index contributed by atoms with van der Waals surface area (Å²) in [5.74, 6) is 0.692. The van der Waals surface area contributed by atoms with E-state index in [2.05, 4.69) is 161 Å². The zero-order chi connectivity index (χ0) is 30.9. The smallest absolute Gasteiger partial charge is 0.165 e. The quantitative estimate of drug-likeness (QED) is 0.130. The molecule has 7 aromatic carbocycles. The Morgan fingerprint density at radius 3 is 2.09 bits per heavy atom. The summed E-state index contributed by atoms with van der Waals surface area (Å²) in [6, 6.07) is 57.1. The van der Waals surface area contributed by atoms with Crippen molar-refractivity contribution in [2.75, 3.05) is 11.6 Å². The Morgan fingerprint density at radius 1 is 0.587 bits per heavy atom. The van der Waals surface area contributed by atoms with Gasteiger partial charge in [0.15, 0.2) is 6.73 Å². The number of aromatic nitrogens is 1. The van der Waals surface area contributed by atoms with Crippen molar-refractivity contribution in [3.05, 3.63) is 164 Å². The average molecular weight is 594 g/mol. The lowest BCUT2D eigenvalue weighted by atomic mass is 10.0. The highest BCUT2D eigenvalue weighted by Crippen LogP contribution is 2.41. The van der Waals surface area contributed by atoms with Crippen LogP contribution in [0.3, 0.4) is 0 Å². The zero-order valence-electron chi connectivity index (χ0n) is 25.3. The molecular formula is C42H31N3O. The molecule has 0 saturated carbocycles. The SMILES string of the molecule is C=Nc1c(OCN(c2ccc3c(c2)c2ccccc2n3-c2ccccc2)c2ccccc2-c2ccccc2)ccc2ccccc12. The van der Waals surface area contributed by atoms with E-state index >= 15 is 0 Å². The molecule has 0 radical (unpaired) electrons. The number of ether oxygens (including phenoxy) is 1. The minimum Gasteiger partial charge on any atom is -0.470 e. The van der Waals surface area contributed by atoms with E-state index in [1.165, 1.54) is 16.3 Å². The van der Waals surface area contributed by atoms with E-state index < -0.39 is 0 Å². The van der Waals surface area contributed by atoms with Crippen LogP contribution in [0.2, 0.25) is 0 Å². The molecule has 0 aliphatic rings. The molecule has 0 bridgehead atoms. The molecule has 0 saturated heterocycles. The lowest BCUT2D eigenvalue weighted by molar-refractivity contribution is 0.328. The second-order valence-electron chi connectivity index (χ2n) is 11.3. The van der Waals surface area contributed by atoms with Crippen molar-refractivity contribution in [1.82, 2.24) is 4.57 Å². The van der Waals surface area contributed by atoms with Crippen molar-refractivity contribution in [1.29, 1.82) is 0 Å². The molecule has 1 heterocycles. The minimum atomic E-state index is 0.271. The van der Waals surface area contributed by atoms with E-state index in [4.69, 9.17) is 4.74 Å². The topological polar surface area (TPSA) is 29.8 Å². The predicted molar refractivity (Wildman–Crippen MR) is 193 cm³/mol. The summed E-state index contributed by atoms with van der Waals surface area (Å²) in [7, 11) is 0. The van der Waals surface area contributed by atoms with Gasteiger partial charge in [0, 0.05) is 33.1 Å². The van der Waals surface area contributed by atoms with Crippen LogP contribution in [0, 0.1) is 0 Å². The Morgan fingerprint density at radius 2 is 1.26 bits per heavy atom. The van der Waals surface area contributed by atoms with E-state index in [0.717, 1.165) is 50.2 Å². The molecule has 8 rings (SSSR count). The molecule has 0 atom stereocenters. The van der Waals surface area contributed by atoms with Gasteiger partial charge >= 0.3 is 0 Å². The van der Waals surface area contributed by atoms with Crippen LogP contribution in [0.15, 0.2) is 169 Å². The first-order valence-electron chi connectivity index (χ1n) is 15.4. The van der Waals surface area contributed by atoms with E-state index in [1.54, 1.807) is 0 Å². The number of aliphatic imine (C=N–C) groups is 1. The summed E-state index contributed by atoms with van der Waals surface area (Å²) in [5, 5.41) is 4.50. The molecular weight excluding hydrogens is 562 g/mol. The van der Waals surface area contributed by atoms with Crippen LogP contribution in [0.1, 0.15) is 0 Å². The molecule has 8 aromatic rings.